The van der Waals surface area contributed by atoms with E-state index in [-0.39, 0.29) is 10.9 Å². The molecule has 3 rings (SSSR count). The van der Waals surface area contributed by atoms with E-state index in [2.05, 4.69) is 0 Å². The van der Waals surface area contributed by atoms with Crippen LogP contribution in [0.3, 0.4) is 0 Å². The van der Waals surface area contributed by atoms with Gasteiger partial charge in [-0.3, -0.25) is 0 Å². The van der Waals surface area contributed by atoms with Gasteiger partial charge in [0.05, 0.1) is 18.0 Å². The molecule has 1 saturated heterocycles. The van der Waals surface area contributed by atoms with Crippen molar-refractivity contribution >= 4 is 10.0 Å². The average Bonchev–Trinajstić information content (AvgIpc) is 3.08. The van der Waals surface area contributed by atoms with Crippen molar-refractivity contribution in [2.45, 2.75) is 23.8 Å². The van der Waals surface area contributed by atoms with Crippen molar-refractivity contribution in [1.82, 2.24) is 4.31 Å². The van der Waals surface area contributed by atoms with Gasteiger partial charge in [-0.05, 0) is 48.7 Å². The second-order valence-electron chi connectivity index (χ2n) is 5.63. The van der Waals surface area contributed by atoms with Gasteiger partial charge in [-0.15, -0.1) is 0 Å². The summed E-state index contributed by atoms with van der Waals surface area (Å²) in [5, 5.41) is 0. The van der Waals surface area contributed by atoms with Gasteiger partial charge in [0.2, 0.25) is 10.0 Å². The van der Waals surface area contributed by atoms with Crippen LogP contribution in [-0.2, 0) is 10.0 Å². The fraction of sp³-hybridized carbons (Fsp3) is 0.294. The minimum atomic E-state index is -3.91. The van der Waals surface area contributed by atoms with E-state index in [9.17, 15) is 17.2 Å². The van der Waals surface area contributed by atoms with Gasteiger partial charge in [0.15, 0.2) is 11.6 Å². The van der Waals surface area contributed by atoms with E-state index < -0.39 is 21.7 Å². The minimum Gasteiger partial charge on any atom is -0.497 e. The molecule has 0 bridgehead atoms. The molecule has 1 heterocycles. The monoisotopic (exact) mass is 353 g/mol. The lowest BCUT2D eigenvalue weighted by atomic mass is 10.1. The van der Waals surface area contributed by atoms with Crippen molar-refractivity contribution in [3.05, 3.63) is 59.7 Å². The lowest BCUT2D eigenvalue weighted by molar-refractivity contribution is 0.389. The summed E-state index contributed by atoms with van der Waals surface area (Å²) in [6, 6.07) is 9.52. The SMILES string of the molecule is COc1cccc([C@@H]2CCCN2S(=O)(=O)c2ccc(F)c(F)c2)c1. The Kier molecular flexibility index (Phi) is 4.56. The Morgan fingerprint density at radius 1 is 1.12 bits per heavy atom. The van der Waals surface area contributed by atoms with Crippen molar-refractivity contribution < 1.29 is 21.9 Å². The van der Waals surface area contributed by atoms with Crippen molar-refractivity contribution in [3.8, 4) is 5.75 Å². The van der Waals surface area contributed by atoms with Crippen molar-refractivity contribution in [1.29, 1.82) is 0 Å². The first kappa shape index (κ1) is 16.9. The summed E-state index contributed by atoms with van der Waals surface area (Å²) in [6.07, 6.45) is 1.36. The fourth-order valence-electron chi connectivity index (χ4n) is 2.98. The van der Waals surface area contributed by atoms with Crippen molar-refractivity contribution in [3.63, 3.8) is 0 Å². The number of benzene rings is 2. The molecular weight excluding hydrogens is 336 g/mol. The minimum absolute atomic E-state index is 0.240. The molecule has 4 nitrogen and oxygen atoms in total. The first-order chi connectivity index (χ1) is 11.4. The number of halogens is 2. The van der Waals surface area contributed by atoms with Gasteiger partial charge in [-0.1, -0.05) is 12.1 Å². The lowest BCUT2D eigenvalue weighted by Crippen LogP contribution is -2.30. The van der Waals surface area contributed by atoms with E-state index >= 15 is 0 Å². The summed E-state index contributed by atoms with van der Waals surface area (Å²) >= 11 is 0. The van der Waals surface area contributed by atoms with E-state index in [1.807, 2.05) is 6.07 Å². The molecule has 0 amide bonds. The molecule has 0 aliphatic carbocycles. The number of rotatable bonds is 4. The van der Waals surface area contributed by atoms with E-state index in [0.717, 1.165) is 23.8 Å². The molecule has 0 aromatic heterocycles. The van der Waals surface area contributed by atoms with Crippen LogP contribution in [0.25, 0.3) is 0 Å². The van der Waals surface area contributed by atoms with Crippen LogP contribution in [0.1, 0.15) is 24.4 Å². The summed E-state index contributed by atoms with van der Waals surface area (Å²) in [4.78, 5) is -0.240. The normalized spacial score (nSPS) is 18.7. The van der Waals surface area contributed by atoms with Gasteiger partial charge >= 0.3 is 0 Å². The zero-order chi connectivity index (χ0) is 17.3. The average molecular weight is 353 g/mol. The molecule has 1 aliphatic rings. The lowest BCUT2D eigenvalue weighted by Gasteiger charge is -2.24. The van der Waals surface area contributed by atoms with Gasteiger partial charge in [0.1, 0.15) is 5.75 Å². The van der Waals surface area contributed by atoms with Crippen LogP contribution in [-0.4, -0.2) is 26.4 Å². The van der Waals surface area contributed by atoms with E-state index in [1.165, 1.54) is 4.31 Å². The summed E-state index contributed by atoms with van der Waals surface area (Å²) in [7, 11) is -2.36. The van der Waals surface area contributed by atoms with Crippen LogP contribution >= 0.6 is 0 Å². The molecule has 2 aromatic rings. The maximum atomic E-state index is 13.4. The number of sulfonamides is 1. The third-order valence-electron chi connectivity index (χ3n) is 4.18. The predicted molar refractivity (Wildman–Crippen MR) is 85.2 cm³/mol. The molecular formula is C17H17F2NO3S. The molecule has 128 valence electrons. The number of nitrogens with zero attached hydrogens (tertiary/aromatic N) is 1. The Morgan fingerprint density at radius 2 is 1.92 bits per heavy atom. The highest BCUT2D eigenvalue weighted by molar-refractivity contribution is 7.89. The molecule has 0 saturated carbocycles. The summed E-state index contributed by atoms with van der Waals surface area (Å²) in [5.74, 6) is -1.60. The molecule has 0 radical (unpaired) electrons. The third kappa shape index (κ3) is 3.01. The number of ether oxygens (including phenoxy) is 1. The number of hydrogen-bond acceptors (Lipinski definition) is 3. The Hall–Kier alpha value is -1.99. The highest BCUT2D eigenvalue weighted by atomic mass is 32.2. The van der Waals surface area contributed by atoms with Gasteiger partial charge in [0.25, 0.3) is 0 Å². The van der Waals surface area contributed by atoms with E-state index in [0.29, 0.717) is 25.1 Å². The van der Waals surface area contributed by atoms with Crippen LogP contribution in [0.2, 0.25) is 0 Å². The second kappa shape index (κ2) is 6.49. The van der Waals surface area contributed by atoms with Crippen molar-refractivity contribution in [2.24, 2.45) is 0 Å². The Morgan fingerprint density at radius 3 is 2.62 bits per heavy atom. The van der Waals surface area contributed by atoms with Gasteiger partial charge < -0.3 is 4.74 Å². The van der Waals surface area contributed by atoms with Gasteiger partial charge in [-0.25, -0.2) is 17.2 Å². The fourth-order valence-corrected chi connectivity index (χ4v) is 4.68. The molecule has 0 unspecified atom stereocenters. The quantitative estimate of drug-likeness (QED) is 0.845. The van der Waals surface area contributed by atoms with Crippen molar-refractivity contribution in [2.75, 3.05) is 13.7 Å². The van der Waals surface area contributed by atoms with Crippen LogP contribution < -0.4 is 4.74 Å². The number of methoxy groups -OCH3 is 1. The molecule has 7 heteroatoms. The summed E-state index contributed by atoms with van der Waals surface area (Å²) in [5.41, 5.74) is 0.818. The third-order valence-corrected chi connectivity index (χ3v) is 6.08. The molecule has 2 aromatic carbocycles. The largest absolute Gasteiger partial charge is 0.497 e. The molecule has 24 heavy (non-hydrogen) atoms. The molecule has 1 aliphatic heterocycles. The molecule has 1 fully saturated rings. The molecule has 0 N–H and O–H groups in total. The standard InChI is InChI=1S/C17H17F2NO3S/c1-23-13-5-2-4-12(10-13)17-6-3-9-20(17)24(21,22)14-7-8-15(18)16(19)11-14/h2,4-5,7-8,10-11,17H,3,6,9H2,1H3/t17-/m0/s1. The predicted octanol–water partition coefficient (Wildman–Crippen LogP) is 3.50. The smallest absolute Gasteiger partial charge is 0.243 e. The maximum Gasteiger partial charge on any atom is 0.243 e. The van der Waals surface area contributed by atoms with Crippen LogP contribution in [0.15, 0.2) is 47.4 Å². The zero-order valence-corrected chi connectivity index (χ0v) is 13.9. The molecule has 0 spiro atoms. The van der Waals surface area contributed by atoms with Crippen LogP contribution in [0.4, 0.5) is 8.78 Å². The van der Waals surface area contributed by atoms with Gasteiger partial charge in [0, 0.05) is 6.54 Å². The van der Waals surface area contributed by atoms with E-state index in [4.69, 9.17) is 4.74 Å². The second-order valence-corrected chi connectivity index (χ2v) is 7.52. The Balaban J connectivity index is 1.98. The summed E-state index contributed by atoms with van der Waals surface area (Å²) in [6.45, 7) is 0.337. The van der Waals surface area contributed by atoms with Gasteiger partial charge in [-0.2, -0.15) is 4.31 Å². The summed E-state index contributed by atoms with van der Waals surface area (Å²) < 4.78 is 58.7. The highest BCUT2D eigenvalue weighted by Gasteiger charge is 2.36. The van der Waals surface area contributed by atoms with Crippen LogP contribution in [0.5, 0.6) is 5.75 Å². The zero-order valence-electron chi connectivity index (χ0n) is 13.1. The Bertz CT molecular complexity index is 855. The highest BCUT2D eigenvalue weighted by Crippen LogP contribution is 2.37. The first-order valence-corrected chi connectivity index (χ1v) is 8.98. The molecule has 1 atom stereocenters. The Labute approximate surface area is 139 Å². The first-order valence-electron chi connectivity index (χ1n) is 7.54. The van der Waals surface area contributed by atoms with E-state index in [1.54, 1.807) is 25.3 Å². The maximum absolute atomic E-state index is 13.4. The topological polar surface area (TPSA) is 46.6 Å². The number of hydrogen-bond donors (Lipinski definition) is 0. The van der Waals surface area contributed by atoms with Crippen LogP contribution in [0, 0.1) is 11.6 Å².